The molecule has 2 aromatic rings. The topological polar surface area (TPSA) is 35.6 Å². The Labute approximate surface area is 167 Å². The molecule has 0 spiro atoms. The molecule has 146 valence electrons. The lowest BCUT2D eigenvalue weighted by molar-refractivity contribution is -0.129. The van der Waals surface area contributed by atoms with Gasteiger partial charge in [-0.3, -0.25) is 15.2 Å². The number of hydrogen-bond acceptors (Lipinski definition) is 3. The highest BCUT2D eigenvalue weighted by molar-refractivity contribution is 5.97. The number of carbonyl (C=O) groups is 1. The van der Waals surface area contributed by atoms with Gasteiger partial charge in [0, 0.05) is 19.6 Å². The molecule has 1 aliphatic heterocycles. The molecule has 2 aromatic carbocycles. The highest BCUT2D eigenvalue weighted by Crippen LogP contribution is 2.31. The van der Waals surface area contributed by atoms with Crippen molar-refractivity contribution in [3.05, 3.63) is 77.5 Å². The molecule has 2 aliphatic rings. The summed E-state index contributed by atoms with van der Waals surface area (Å²) in [7, 11) is 1.95. The molecule has 1 fully saturated rings. The molecule has 1 heterocycles. The van der Waals surface area contributed by atoms with Crippen LogP contribution in [-0.4, -0.2) is 35.5 Å². The Morgan fingerprint density at radius 1 is 0.964 bits per heavy atom. The molecule has 1 aliphatic carbocycles. The average Bonchev–Trinajstić information content (AvgIpc) is 3.06. The fourth-order valence-corrected chi connectivity index (χ4v) is 4.45. The van der Waals surface area contributed by atoms with Gasteiger partial charge in [0.05, 0.1) is 5.69 Å². The minimum absolute atomic E-state index is 0.170. The normalized spacial score (nSPS) is 17.9. The van der Waals surface area contributed by atoms with Crippen LogP contribution in [0.2, 0.25) is 0 Å². The monoisotopic (exact) mass is 375 g/mol. The molecule has 1 amide bonds. The van der Waals surface area contributed by atoms with Crippen molar-refractivity contribution >= 4 is 11.6 Å². The van der Waals surface area contributed by atoms with Crippen molar-refractivity contribution in [2.75, 3.05) is 19.0 Å². The van der Waals surface area contributed by atoms with Gasteiger partial charge in [-0.25, -0.2) is 0 Å². The number of nitrogens with zero attached hydrogens (tertiary/aromatic N) is 2. The van der Waals surface area contributed by atoms with Crippen LogP contribution in [0.3, 0.4) is 0 Å². The van der Waals surface area contributed by atoms with Crippen molar-refractivity contribution in [3.8, 4) is 0 Å². The van der Waals surface area contributed by atoms with Crippen LogP contribution < -0.4 is 5.43 Å². The quantitative estimate of drug-likeness (QED) is 0.749. The second-order valence-electron chi connectivity index (χ2n) is 7.88. The molecule has 0 unspecified atom stereocenters. The van der Waals surface area contributed by atoms with E-state index in [0.29, 0.717) is 6.04 Å². The van der Waals surface area contributed by atoms with Gasteiger partial charge >= 0.3 is 0 Å². The largest absolute Gasteiger partial charge is 0.330 e. The van der Waals surface area contributed by atoms with E-state index in [1.54, 1.807) is 0 Å². The summed E-state index contributed by atoms with van der Waals surface area (Å²) < 4.78 is 0. The van der Waals surface area contributed by atoms with Crippen LogP contribution in [0.5, 0.6) is 0 Å². The molecular weight excluding hydrogens is 346 g/mol. The number of likely N-dealkylation sites (N-methyl/N-ethyl adjacent to an activating group) is 1. The van der Waals surface area contributed by atoms with Crippen LogP contribution in [0.4, 0.5) is 5.69 Å². The molecule has 0 bridgehead atoms. The minimum Gasteiger partial charge on any atom is -0.330 e. The van der Waals surface area contributed by atoms with Crippen molar-refractivity contribution in [1.29, 1.82) is 0 Å². The van der Waals surface area contributed by atoms with Crippen LogP contribution in [0.1, 0.15) is 37.7 Å². The van der Waals surface area contributed by atoms with Gasteiger partial charge in [0.1, 0.15) is 5.70 Å². The van der Waals surface area contributed by atoms with Crippen molar-refractivity contribution < 1.29 is 4.79 Å². The number of benzene rings is 2. The average molecular weight is 376 g/mol. The highest BCUT2D eigenvalue weighted by Gasteiger charge is 2.37. The maximum Gasteiger partial charge on any atom is 0.272 e. The molecule has 1 saturated carbocycles. The third-order valence-corrected chi connectivity index (χ3v) is 5.84. The second kappa shape index (κ2) is 8.51. The first kappa shape index (κ1) is 18.6. The van der Waals surface area contributed by atoms with Gasteiger partial charge in [-0.15, -0.1) is 0 Å². The van der Waals surface area contributed by atoms with E-state index < -0.39 is 0 Å². The number of rotatable bonds is 6. The van der Waals surface area contributed by atoms with Gasteiger partial charge in [-0.05, 0) is 42.5 Å². The standard InChI is InChI=1S/C24H29N3O/c1-26(25-21-13-7-3-8-14-21)23-20(17-19-11-5-2-6-12-19)18-27(24(23)28)22-15-9-4-10-16-22/h2-3,5-8,11-14,22,25H,4,9-10,15-18H2,1H3. The van der Waals surface area contributed by atoms with Gasteiger partial charge in [-0.2, -0.15) is 0 Å². The number of hydrazine groups is 1. The lowest BCUT2D eigenvalue weighted by Gasteiger charge is -2.32. The van der Waals surface area contributed by atoms with Crippen molar-refractivity contribution in [2.45, 2.75) is 44.6 Å². The second-order valence-corrected chi connectivity index (χ2v) is 7.88. The van der Waals surface area contributed by atoms with Crippen molar-refractivity contribution in [1.82, 2.24) is 9.91 Å². The maximum absolute atomic E-state index is 13.4. The number of para-hydroxylation sites is 1. The molecule has 1 N–H and O–H groups in total. The molecular formula is C24H29N3O. The van der Waals surface area contributed by atoms with Crippen LogP contribution >= 0.6 is 0 Å². The molecule has 0 saturated heterocycles. The summed E-state index contributed by atoms with van der Waals surface area (Å²) >= 11 is 0. The number of anilines is 1. The molecule has 4 rings (SSSR count). The summed E-state index contributed by atoms with van der Waals surface area (Å²) in [5.41, 5.74) is 7.62. The predicted molar refractivity (Wildman–Crippen MR) is 114 cm³/mol. The van der Waals surface area contributed by atoms with Crippen molar-refractivity contribution in [3.63, 3.8) is 0 Å². The lowest BCUT2D eigenvalue weighted by Crippen LogP contribution is -2.41. The zero-order chi connectivity index (χ0) is 19.3. The lowest BCUT2D eigenvalue weighted by atomic mass is 9.94. The first-order valence-electron chi connectivity index (χ1n) is 10.3. The summed E-state index contributed by atoms with van der Waals surface area (Å²) in [6.07, 6.45) is 6.84. The van der Waals surface area contributed by atoms with Gasteiger partial charge < -0.3 is 4.90 Å². The smallest absolute Gasteiger partial charge is 0.272 e. The van der Waals surface area contributed by atoms with Gasteiger partial charge in [0.25, 0.3) is 5.91 Å². The SMILES string of the molecule is CN(Nc1ccccc1)C1=C(Cc2ccccc2)CN(C2CCCCC2)C1=O. The number of hydrogen-bond donors (Lipinski definition) is 1. The number of carbonyl (C=O) groups excluding carboxylic acids is 1. The van der Waals surface area contributed by atoms with Gasteiger partial charge in [0.15, 0.2) is 0 Å². The molecule has 0 radical (unpaired) electrons. The van der Waals surface area contributed by atoms with Gasteiger partial charge in [-0.1, -0.05) is 67.8 Å². The maximum atomic E-state index is 13.4. The van der Waals surface area contributed by atoms with E-state index in [1.807, 2.05) is 48.5 Å². The third-order valence-electron chi connectivity index (χ3n) is 5.84. The predicted octanol–water partition coefficient (Wildman–Crippen LogP) is 4.62. The van der Waals surface area contributed by atoms with E-state index in [4.69, 9.17) is 0 Å². The van der Waals surface area contributed by atoms with Crippen LogP contribution in [0.25, 0.3) is 0 Å². The summed E-state index contributed by atoms with van der Waals surface area (Å²) in [6, 6.07) is 20.9. The fraction of sp³-hybridized carbons (Fsp3) is 0.375. The highest BCUT2D eigenvalue weighted by atomic mass is 16.2. The van der Waals surface area contributed by atoms with Crippen LogP contribution in [0.15, 0.2) is 71.9 Å². The van der Waals surface area contributed by atoms with Gasteiger partial charge in [0.2, 0.25) is 0 Å². The molecule has 0 aromatic heterocycles. The zero-order valence-corrected chi connectivity index (χ0v) is 16.6. The van der Waals surface area contributed by atoms with Crippen molar-refractivity contribution in [2.24, 2.45) is 0 Å². The third kappa shape index (κ3) is 4.06. The van der Waals surface area contributed by atoms with E-state index in [1.165, 1.54) is 30.4 Å². The number of amides is 1. The Balaban J connectivity index is 1.59. The van der Waals surface area contributed by atoms with Crippen LogP contribution in [-0.2, 0) is 11.2 Å². The summed E-state index contributed by atoms with van der Waals surface area (Å²) in [6.45, 7) is 0.745. The van der Waals surface area contributed by atoms with E-state index in [-0.39, 0.29) is 5.91 Å². The first-order valence-corrected chi connectivity index (χ1v) is 10.3. The summed E-state index contributed by atoms with van der Waals surface area (Å²) in [5.74, 6) is 0.170. The molecule has 28 heavy (non-hydrogen) atoms. The zero-order valence-electron chi connectivity index (χ0n) is 16.6. The van der Waals surface area contributed by atoms with Crippen LogP contribution in [0, 0.1) is 0 Å². The van der Waals surface area contributed by atoms with E-state index in [9.17, 15) is 4.79 Å². The van der Waals surface area contributed by atoms with E-state index in [2.05, 4.69) is 34.6 Å². The van der Waals surface area contributed by atoms with E-state index >= 15 is 0 Å². The Hall–Kier alpha value is -2.75. The molecule has 4 nitrogen and oxygen atoms in total. The molecule has 4 heteroatoms. The Morgan fingerprint density at radius 2 is 1.61 bits per heavy atom. The summed E-state index contributed by atoms with van der Waals surface area (Å²) in [4.78, 5) is 15.5. The Morgan fingerprint density at radius 3 is 2.29 bits per heavy atom. The fourth-order valence-electron chi connectivity index (χ4n) is 4.45. The Bertz CT molecular complexity index is 825. The Kier molecular flexibility index (Phi) is 5.65. The molecule has 0 atom stereocenters. The summed E-state index contributed by atoms with van der Waals surface area (Å²) in [5, 5.41) is 1.92. The first-order chi connectivity index (χ1) is 13.7. The number of nitrogens with one attached hydrogen (secondary N) is 1. The van der Waals surface area contributed by atoms with E-state index in [0.717, 1.165) is 37.2 Å². The minimum atomic E-state index is 0.170.